The summed E-state index contributed by atoms with van der Waals surface area (Å²) >= 11 is 0. The molecular formula is C10H19N5. The van der Waals surface area contributed by atoms with Crippen molar-refractivity contribution in [3.8, 4) is 0 Å². The minimum absolute atomic E-state index is 0.552. The molecule has 0 bridgehead atoms. The highest BCUT2D eigenvalue weighted by molar-refractivity contribution is 5.31. The zero-order valence-electron chi connectivity index (χ0n) is 9.32. The van der Waals surface area contributed by atoms with Crippen LogP contribution < -0.4 is 5.73 Å². The van der Waals surface area contributed by atoms with Crippen LogP contribution in [-0.4, -0.2) is 39.5 Å². The topological polar surface area (TPSA) is 60.0 Å². The van der Waals surface area contributed by atoms with Gasteiger partial charge in [0.2, 0.25) is 0 Å². The van der Waals surface area contributed by atoms with Crippen LogP contribution >= 0.6 is 0 Å². The number of aryl methyl sites for hydroxylation is 1. The molecule has 2 rings (SSSR count). The van der Waals surface area contributed by atoms with Crippen LogP contribution in [0.3, 0.4) is 0 Å². The molecule has 0 radical (unpaired) electrons. The Kier molecular flexibility index (Phi) is 3.20. The van der Waals surface area contributed by atoms with Gasteiger partial charge in [-0.3, -0.25) is 0 Å². The first-order valence-electron chi connectivity index (χ1n) is 5.65. The van der Waals surface area contributed by atoms with Crippen LogP contribution in [0.4, 0.5) is 5.82 Å². The molecule has 2 heterocycles. The van der Waals surface area contributed by atoms with Gasteiger partial charge in [-0.1, -0.05) is 5.21 Å². The van der Waals surface area contributed by atoms with Crippen LogP contribution in [0.25, 0.3) is 0 Å². The lowest BCUT2D eigenvalue weighted by Crippen LogP contribution is -2.21. The first-order valence-corrected chi connectivity index (χ1v) is 5.65. The molecule has 5 heteroatoms. The Hall–Kier alpha value is -1.10. The Balaban J connectivity index is 1.75. The van der Waals surface area contributed by atoms with E-state index in [0.717, 1.165) is 18.7 Å². The van der Waals surface area contributed by atoms with E-state index >= 15 is 0 Å². The summed E-state index contributed by atoms with van der Waals surface area (Å²) in [6.45, 7) is 6.58. The lowest BCUT2D eigenvalue weighted by Gasteiger charge is -2.13. The van der Waals surface area contributed by atoms with Crippen LogP contribution in [0.5, 0.6) is 0 Å². The second kappa shape index (κ2) is 4.61. The summed E-state index contributed by atoms with van der Waals surface area (Å²) in [6.07, 6.45) is 3.84. The van der Waals surface area contributed by atoms with Crippen molar-refractivity contribution in [3.05, 3.63) is 5.69 Å². The second-order valence-corrected chi connectivity index (χ2v) is 4.19. The zero-order valence-corrected chi connectivity index (χ0v) is 9.32. The molecule has 1 aliphatic rings. The average molecular weight is 209 g/mol. The third kappa shape index (κ3) is 2.47. The van der Waals surface area contributed by atoms with Crippen molar-refractivity contribution < 1.29 is 0 Å². The lowest BCUT2D eigenvalue weighted by molar-refractivity contribution is 0.320. The predicted octanol–water partition coefficient (Wildman–Crippen LogP) is 0.655. The maximum Gasteiger partial charge on any atom is 0.168 e. The summed E-state index contributed by atoms with van der Waals surface area (Å²) in [6, 6.07) is 0. The average Bonchev–Trinajstić information content (AvgIpc) is 2.83. The van der Waals surface area contributed by atoms with Crippen LogP contribution in [0.15, 0.2) is 0 Å². The smallest absolute Gasteiger partial charge is 0.168 e. The van der Waals surface area contributed by atoms with Crippen molar-refractivity contribution in [2.45, 2.75) is 32.7 Å². The zero-order chi connectivity index (χ0) is 10.7. The summed E-state index contributed by atoms with van der Waals surface area (Å²) in [4.78, 5) is 2.51. The summed E-state index contributed by atoms with van der Waals surface area (Å²) in [5, 5.41) is 7.85. The van der Waals surface area contributed by atoms with Crippen molar-refractivity contribution in [1.29, 1.82) is 0 Å². The fourth-order valence-electron chi connectivity index (χ4n) is 2.04. The number of nitrogens with zero attached hydrogens (tertiary/aromatic N) is 4. The van der Waals surface area contributed by atoms with E-state index in [1.165, 1.54) is 32.5 Å². The van der Waals surface area contributed by atoms with Crippen LogP contribution in [0.1, 0.15) is 25.0 Å². The predicted molar refractivity (Wildman–Crippen MR) is 59.5 cm³/mol. The third-order valence-electron chi connectivity index (χ3n) is 3.06. The van der Waals surface area contributed by atoms with Gasteiger partial charge in [0.15, 0.2) is 5.82 Å². The molecule has 0 aliphatic carbocycles. The van der Waals surface area contributed by atoms with Gasteiger partial charge in [0.1, 0.15) is 0 Å². The second-order valence-electron chi connectivity index (χ2n) is 4.19. The van der Waals surface area contributed by atoms with E-state index in [2.05, 4.69) is 15.2 Å². The number of aromatic nitrogens is 3. The number of rotatable bonds is 4. The molecular weight excluding hydrogens is 190 g/mol. The largest absolute Gasteiger partial charge is 0.381 e. The van der Waals surface area contributed by atoms with E-state index in [1.807, 2.05) is 11.6 Å². The normalized spacial score (nSPS) is 17.4. The molecule has 1 saturated heterocycles. The van der Waals surface area contributed by atoms with Gasteiger partial charge in [-0.05, 0) is 45.8 Å². The van der Waals surface area contributed by atoms with Gasteiger partial charge >= 0.3 is 0 Å². The molecule has 0 atom stereocenters. The Labute approximate surface area is 90.2 Å². The minimum Gasteiger partial charge on any atom is -0.381 e. The van der Waals surface area contributed by atoms with Gasteiger partial charge in [0.25, 0.3) is 0 Å². The Morgan fingerprint density at radius 2 is 2.00 bits per heavy atom. The Morgan fingerprint density at radius 1 is 1.27 bits per heavy atom. The quantitative estimate of drug-likeness (QED) is 0.791. The highest BCUT2D eigenvalue weighted by atomic mass is 15.4. The highest BCUT2D eigenvalue weighted by Crippen LogP contribution is 2.09. The molecule has 5 nitrogen and oxygen atoms in total. The van der Waals surface area contributed by atoms with Crippen LogP contribution in [0, 0.1) is 6.92 Å². The van der Waals surface area contributed by atoms with Crippen molar-refractivity contribution in [2.24, 2.45) is 0 Å². The van der Waals surface area contributed by atoms with Crippen molar-refractivity contribution in [2.75, 3.05) is 25.4 Å². The van der Waals surface area contributed by atoms with Crippen molar-refractivity contribution >= 4 is 5.82 Å². The van der Waals surface area contributed by atoms with E-state index in [4.69, 9.17) is 5.73 Å². The van der Waals surface area contributed by atoms with Gasteiger partial charge in [-0.2, -0.15) is 0 Å². The van der Waals surface area contributed by atoms with E-state index in [-0.39, 0.29) is 0 Å². The Morgan fingerprint density at radius 3 is 2.60 bits per heavy atom. The maximum atomic E-state index is 5.63. The number of nitrogens with two attached hydrogens (primary N) is 1. The molecule has 1 fully saturated rings. The number of anilines is 1. The molecule has 0 saturated carbocycles. The third-order valence-corrected chi connectivity index (χ3v) is 3.06. The van der Waals surface area contributed by atoms with Crippen LogP contribution in [0.2, 0.25) is 0 Å². The Bertz CT molecular complexity index is 314. The number of hydrogen-bond acceptors (Lipinski definition) is 4. The number of hydrogen-bond donors (Lipinski definition) is 1. The van der Waals surface area contributed by atoms with Gasteiger partial charge in [-0.25, -0.2) is 4.68 Å². The first-order chi connectivity index (χ1) is 7.27. The standard InChI is InChI=1S/C10H19N5/c1-9-10(11)12-13-15(9)8-4-7-14-5-2-3-6-14/h2-8,11H2,1H3. The van der Waals surface area contributed by atoms with Crippen molar-refractivity contribution in [3.63, 3.8) is 0 Å². The summed E-state index contributed by atoms with van der Waals surface area (Å²) < 4.78 is 1.89. The molecule has 0 aromatic carbocycles. The molecule has 84 valence electrons. The van der Waals surface area contributed by atoms with Gasteiger partial charge in [-0.15, -0.1) is 5.10 Å². The minimum atomic E-state index is 0.552. The van der Waals surface area contributed by atoms with E-state index in [0.29, 0.717) is 5.82 Å². The van der Waals surface area contributed by atoms with Gasteiger partial charge < -0.3 is 10.6 Å². The number of nitrogen functional groups attached to an aromatic ring is 1. The number of likely N-dealkylation sites (tertiary alicyclic amines) is 1. The van der Waals surface area contributed by atoms with E-state index in [1.54, 1.807) is 0 Å². The molecule has 0 amide bonds. The fraction of sp³-hybridized carbons (Fsp3) is 0.800. The SMILES string of the molecule is Cc1c(N)nnn1CCCN1CCCC1. The summed E-state index contributed by atoms with van der Waals surface area (Å²) in [5.74, 6) is 0.552. The molecule has 1 aromatic rings. The highest BCUT2D eigenvalue weighted by Gasteiger charge is 2.11. The van der Waals surface area contributed by atoms with E-state index in [9.17, 15) is 0 Å². The monoisotopic (exact) mass is 209 g/mol. The summed E-state index contributed by atoms with van der Waals surface area (Å²) in [5.41, 5.74) is 6.61. The lowest BCUT2D eigenvalue weighted by atomic mass is 10.3. The van der Waals surface area contributed by atoms with Gasteiger partial charge in [0.05, 0.1) is 5.69 Å². The molecule has 0 unspecified atom stereocenters. The molecule has 15 heavy (non-hydrogen) atoms. The van der Waals surface area contributed by atoms with Crippen LogP contribution in [-0.2, 0) is 6.54 Å². The summed E-state index contributed by atoms with van der Waals surface area (Å²) in [7, 11) is 0. The maximum absolute atomic E-state index is 5.63. The molecule has 0 spiro atoms. The first kappa shape index (κ1) is 10.4. The van der Waals surface area contributed by atoms with E-state index < -0.39 is 0 Å². The van der Waals surface area contributed by atoms with Gasteiger partial charge in [0, 0.05) is 6.54 Å². The fourth-order valence-corrected chi connectivity index (χ4v) is 2.04. The molecule has 2 N–H and O–H groups in total. The molecule has 1 aromatic heterocycles. The molecule has 1 aliphatic heterocycles. The van der Waals surface area contributed by atoms with Crippen molar-refractivity contribution in [1.82, 2.24) is 19.9 Å².